The van der Waals surface area contributed by atoms with Gasteiger partial charge in [0, 0.05) is 15.6 Å². The zero-order valence-corrected chi connectivity index (χ0v) is 11.6. The third-order valence-electron chi connectivity index (χ3n) is 2.73. The molecule has 0 fully saturated rings. The van der Waals surface area contributed by atoms with E-state index in [0.29, 0.717) is 16.5 Å². The first kappa shape index (κ1) is 13.1. The average Bonchev–Trinajstić information content (AvgIpc) is 2.33. The van der Waals surface area contributed by atoms with Crippen molar-refractivity contribution < 1.29 is 4.21 Å². The number of hydrogen-bond donors (Lipinski definition) is 1. The van der Waals surface area contributed by atoms with Crippen LogP contribution in [0.4, 0.5) is 5.69 Å². The summed E-state index contributed by atoms with van der Waals surface area (Å²) in [7, 11) is -1.09. The Labute approximate surface area is 114 Å². The van der Waals surface area contributed by atoms with Crippen molar-refractivity contribution >= 4 is 28.1 Å². The number of aryl methyl sites for hydroxylation is 1. The van der Waals surface area contributed by atoms with Crippen molar-refractivity contribution in [1.29, 1.82) is 0 Å². The normalized spacial score (nSPS) is 12.3. The monoisotopic (exact) mass is 279 g/mol. The summed E-state index contributed by atoms with van der Waals surface area (Å²) in [6.07, 6.45) is 0. The molecule has 0 spiro atoms. The zero-order valence-electron chi connectivity index (χ0n) is 10.0. The maximum atomic E-state index is 12.3. The van der Waals surface area contributed by atoms with Crippen LogP contribution in [-0.4, -0.2) is 4.21 Å². The van der Waals surface area contributed by atoms with Crippen molar-refractivity contribution in [3.63, 3.8) is 0 Å². The smallest absolute Gasteiger partial charge is 0.0577 e. The molecule has 2 nitrogen and oxygen atoms in total. The maximum absolute atomic E-state index is 12.3. The van der Waals surface area contributed by atoms with E-state index in [2.05, 4.69) is 0 Å². The van der Waals surface area contributed by atoms with Crippen LogP contribution in [-0.2, 0) is 16.6 Å². The highest BCUT2D eigenvalue weighted by Crippen LogP contribution is 2.22. The standard InChI is InChI=1S/C14H14ClNOS/c1-10-4-2-3-5-14(10)18(17)9-11-6-7-12(15)8-13(11)16/h2-8H,9,16H2,1H3. The largest absolute Gasteiger partial charge is 0.398 e. The Kier molecular flexibility index (Phi) is 4.04. The second-order valence-electron chi connectivity index (χ2n) is 4.10. The van der Waals surface area contributed by atoms with Gasteiger partial charge in [0.15, 0.2) is 0 Å². The van der Waals surface area contributed by atoms with Crippen LogP contribution in [0.3, 0.4) is 0 Å². The van der Waals surface area contributed by atoms with Gasteiger partial charge in [-0.2, -0.15) is 0 Å². The minimum Gasteiger partial charge on any atom is -0.398 e. The highest BCUT2D eigenvalue weighted by atomic mass is 35.5. The molecule has 0 aliphatic rings. The quantitative estimate of drug-likeness (QED) is 0.874. The Morgan fingerprint density at radius 1 is 1.22 bits per heavy atom. The summed E-state index contributed by atoms with van der Waals surface area (Å²) >= 11 is 5.84. The molecule has 0 amide bonds. The highest BCUT2D eigenvalue weighted by molar-refractivity contribution is 7.84. The van der Waals surface area contributed by atoms with Crippen LogP contribution in [0.5, 0.6) is 0 Å². The summed E-state index contributed by atoms with van der Waals surface area (Å²) in [4.78, 5) is 0.854. The number of rotatable bonds is 3. The second kappa shape index (κ2) is 5.55. The number of nitrogen functional groups attached to an aromatic ring is 1. The predicted octanol–water partition coefficient (Wildman–Crippen LogP) is 3.54. The van der Waals surface area contributed by atoms with Gasteiger partial charge in [-0.05, 0) is 36.2 Å². The van der Waals surface area contributed by atoms with E-state index in [0.717, 1.165) is 16.0 Å². The molecule has 0 bridgehead atoms. The first-order chi connectivity index (χ1) is 8.58. The van der Waals surface area contributed by atoms with Gasteiger partial charge in [-0.25, -0.2) is 0 Å². The summed E-state index contributed by atoms with van der Waals surface area (Å²) in [6.45, 7) is 1.96. The lowest BCUT2D eigenvalue weighted by Crippen LogP contribution is -2.01. The molecule has 2 rings (SSSR count). The van der Waals surface area contributed by atoms with Gasteiger partial charge >= 0.3 is 0 Å². The lowest BCUT2D eigenvalue weighted by Gasteiger charge is -2.08. The molecular formula is C14H14ClNOS. The predicted molar refractivity (Wildman–Crippen MR) is 77.2 cm³/mol. The number of nitrogens with two attached hydrogens (primary N) is 1. The van der Waals surface area contributed by atoms with E-state index >= 15 is 0 Å². The molecule has 2 N–H and O–H groups in total. The van der Waals surface area contributed by atoms with Gasteiger partial charge in [0.2, 0.25) is 0 Å². The van der Waals surface area contributed by atoms with Crippen LogP contribution in [0, 0.1) is 6.92 Å². The first-order valence-electron chi connectivity index (χ1n) is 5.56. The summed E-state index contributed by atoms with van der Waals surface area (Å²) < 4.78 is 12.3. The fourth-order valence-electron chi connectivity index (χ4n) is 1.73. The molecule has 0 aliphatic heterocycles. The van der Waals surface area contributed by atoms with Gasteiger partial charge in [-0.3, -0.25) is 4.21 Å². The molecule has 0 heterocycles. The van der Waals surface area contributed by atoms with Crippen molar-refractivity contribution in [3.8, 4) is 0 Å². The third kappa shape index (κ3) is 2.92. The molecule has 2 aromatic carbocycles. The molecule has 1 unspecified atom stereocenters. The molecule has 0 saturated heterocycles. The molecule has 0 aromatic heterocycles. The van der Waals surface area contributed by atoms with Crippen molar-refractivity contribution in [2.24, 2.45) is 0 Å². The van der Waals surface area contributed by atoms with E-state index in [1.165, 1.54) is 0 Å². The van der Waals surface area contributed by atoms with Crippen molar-refractivity contribution in [2.75, 3.05) is 5.73 Å². The van der Waals surface area contributed by atoms with Crippen LogP contribution in [0.25, 0.3) is 0 Å². The fraction of sp³-hybridized carbons (Fsp3) is 0.143. The van der Waals surface area contributed by atoms with Gasteiger partial charge < -0.3 is 5.73 Å². The van der Waals surface area contributed by atoms with E-state index in [-0.39, 0.29) is 0 Å². The van der Waals surface area contributed by atoms with Gasteiger partial charge in [-0.15, -0.1) is 0 Å². The highest BCUT2D eigenvalue weighted by Gasteiger charge is 2.09. The number of benzene rings is 2. The Morgan fingerprint density at radius 2 is 1.94 bits per heavy atom. The lowest BCUT2D eigenvalue weighted by molar-refractivity contribution is 0.682. The molecule has 94 valence electrons. The van der Waals surface area contributed by atoms with E-state index in [1.54, 1.807) is 12.1 Å². The molecule has 2 aromatic rings. The summed E-state index contributed by atoms with van der Waals surface area (Å²) in [5.41, 5.74) is 8.35. The van der Waals surface area contributed by atoms with Gasteiger partial charge in [0.25, 0.3) is 0 Å². The number of anilines is 1. The SMILES string of the molecule is Cc1ccccc1S(=O)Cc1ccc(Cl)cc1N. The molecule has 0 radical (unpaired) electrons. The second-order valence-corrected chi connectivity index (χ2v) is 5.95. The molecule has 18 heavy (non-hydrogen) atoms. The Morgan fingerprint density at radius 3 is 2.61 bits per heavy atom. The Bertz CT molecular complexity index is 598. The topological polar surface area (TPSA) is 43.1 Å². The first-order valence-corrected chi connectivity index (χ1v) is 7.25. The average molecular weight is 280 g/mol. The van der Waals surface area contributed by atoms with E-state index < -0.39 is 10.8 Å². The third-order valence-corrected chi connectivity index (χ3v) is 4.49. The number of halogens is 1. The van der Waals surface area contributed by atoms with E-state index in [1.807, 2.05) is 37.3 Å². The fourth-order valence-corrected chi connectivity index (χ4v) is 3.27. The van der Waals surface area contributed by atoms with Gasteiger partial charge in [0.1, 0.15) is 0 Å². The zero-order chi connectivity index (χ0) is 13.1. The summed E-state index contributed by atoms with van der Waals surface area (Å²) in [5, 5.41) is 0.595. The van der Waals surface area contributed by atoms with Gasteiger partial charge in [0.05, 0.1) is 16.6 Å². The van der Waals surface area contributed by atoms with Crippen molar-refractivity contribution in [2.45, 2.75) is 17.6 Å². The van der Waals surface area contributed by atoms with Crippen LogP contribution in [0.2, 0.25) is 5.02 Å². The molecule has 0 saturated carbocycles. The Balaban J connectivity index is 2.24. The van der Waals surface area contributed by atoms with Crippen molar-refractivity contribution in [1.82, 2.24) is 0 Å². The van der Waals surface area contributed by atoms with Gasteiger partial charge in [-0.1, -0.05) is 35.9 Å². The maximum Gasteiger partial charge on any atom is 0.0577 e. The Hall–Kier alpha value is -1.32. The molecular weight excluding hydrogens is 266 g/mol. The molecule has 1 atom stereocenters. The molecule has 0 aliphatic carbocycles. The van der Waals surface area contributed by atoms with Crippen LogP contribution in [0.1, 0.15) is 11.1 Å². The van der Waals surface area contributed by atoms with E-state index in [4.69, 9.17) is 17.3 Å². The van der Waals surface area contributed by atoms with Crippen LogP contribution < -0.4 is 5.73 Å². The lowest BCUT2D eigenvalue weighted by atomic mass is 10.2. The minimum atomic E-state index is -1.09. The van der Waals surface area contributed by atoms with Crippen molar-refractivity contribution in [3.05, 3.63) is 58.6 Å². The van der Waals surface area contributed by atoms with Crippen LogP contribution in [0.15, 0.2) is 47.4 Å². The van der Waals surface area contributed by atoms with Crippen LogP contribution >= 0.6 is 11.6 Å². The summed E-state index contributed by atoms with van der Waals surface area (Å²) in [5.74, 6) is 0.411. The molecule has 4 heteroatoms. The summed E-state index contributed by atoms with van der Waals surface area (Å²) in [6, 6.07) is 13.0. The van der Waals surface area contributed by atoms with E-state index in [9.17, 15) is 4.21 Å². The number of hydrogen-bond acceptors (Lipinski definition) is 2. The minimum absolute atomic E-state index is 0.411.